The molecule has 0 spiro atoms. The topological polar surface area (TPSA) is 102 Å². The van der Waals surface area contributed by atoms with Crippen molar-refractivity contribution >= 4 is 23.9 Å². The average molecular weight is 382 g/mol. The number of alkyl carbamates (subject to hydrolysis) is 1. The number of rotatable bonds is 6. The van der Waals surface area contributed by atoms with E-state index in [0.717, 1.165) is 5.56 Å². The summed E-state index contributed by atoms with van der Waals surface area (Å²) in [5.41, 5.74) is 1.20. The average Bonchev–Trinajstić information content (AvgIpc) is 3.04. The van der Waals surface area contributed by atoms with Crippen LogP contribution in [0.1, 0.15) is 30.0 Å². The van der Waals surface area contributed by atoms with Gasteiger partial charge in [-0.25, -0.2) is 9.59 Å². The van der Waals surface area contributed by atoms with Gasteiger partial charge in [0.15, 0.2) is 6.04 Å². The van der Waals surface area contributed by atoms with Crippen molar-refractivity contribution in [1.82, 2.24) is 10.4 Å². The van der Waals surface area contributed by atoms with E-state index in [4.69, 9.17) is 9.57 Å². The molecule has 1 fully saturated rings. The molecule has 2 aromatic carbocycles. The van der Waals surface area contributed by atoms with Gasteiger partial charge in [0.25, 0.3) is 11.8 Å². The predicted molar refractivity (Wildman–Crippen MR) is 96.1 cm³/mol. The third-order valence-corrected chi connectivity index (χ3v) is 4.03. The van der Waals surface area contributed by atoms with E-state index in [1.165, 1.54) is 0 Å². The third-order valence-electron chi connectivity index (χ3n) is 4.03. The summed E-state index contributed by atoms with van der Waals surface area (Å²) in [7, 11) is 0. The van der Waals surface area contributed by atoms with Gasteiger partial charge in [-0.3, -0.25) is 9.59 Å². The number of ether oxygens (including phenoxy) is 1. The zero-order valence-electron chi connectivity index (χ0n) is 14.9. The van der Waals surface area contributed by atoms with Gasteiger partial charge in [0.05, 0.1) is 0 Å². The molecule has 3 amide bonds. The van der Waals surface area contributed by atoms with Gasteiger partial charge in [-0.05, 0) is 11.1 Å². The number of nitrogens with zero attached hydrogens (tertiary/aromatic N) is 1. The number of imide groups is 1. The molecule has 8 heteroatoms. The Morgan fingerprint density at radius 1 is 0.929 bits per heavy atom. The Bertz CT molecular complexity index is 853. The molecule has 0 aliphatic carbocycles. The molecule has 1 N–H and O–H groups in total. The molecule has 1 atom stereocenters. The molecule has 2 aromatic rings. The first-order chi connectivity index (χ1) is 13.5. The van der Waals surface area contributed by atoms with E-state index in [2.05, 4.69) is 5.32 Å². The van der Waals surface area contributed by atoms with Crippen molar-refractivity contribution < 1.29 is 28.8 Å². The molecule has 28 heavy (non-hydrogen) atoms. The van der Waals surface area contributed by atoms with E-state index < -0.39 is 29.9 Å². The summed E-state index contributed by atoms with van der Waals surface area (Å²) >= 11 is 0. The van der Waals surface area contributed by atoms with Gasteiger partial charge in [0.1, 0.15) is 6.61 Å². The third kappa shape index (κ3) is 4.73. The zero-order chi connectivity index (χ0) is 19.9. The number of carbonyl (C=O) groups excluding carboxylic acids is 4. The van der Waals surface area contributed by atoms with Crippen molar-refractivity contribution in [1.29, 1.82) is 0 Å². The maximum Gasteiger partial charge on any atom is 0.408 e. The zero-order valence-corrected chi connectivity index (χ0v) is 14.9. The van der Waals surface area contributed by atoms with Crippen LogP contribution < -0.4 is 5.32 Å². The number of benzene rings is 2. The molecule has 8 nitrogen and oxygen atoms in total. The fraction of sp³-hybridized carbons (Fsp3) is 0.200. The first-order valence-corrected chi connectivity index (χ1v) is 8.64. The lowest BCUT2D eigenvalue weighted by Crippen LogP contribution is -2.40. The first kappa shape index (κ1) is 19.1. The van der Waals surface area contributed by atoms with Gasteiger partial charge >= 0.3 is 12.1 Å². The number of hydroxylamine groups is 2. The summed E-state index contributed by atoms with van der Waals surface area (Å²) in [5, 5.41) is 2.86. The minimum atomic E-state index is -1.24. The van der Waals surface area contributed by atoms with Crippen molar-refractivity contribution in [3.05, 3.63) is 71.8 Å². The van der Waals surface area contributed by atoms with Crippen LogP contribution in [0.15, 0.2) is 60.7 Å². The molecule has 3 rings (SSSR count). The molecule has 1 aliphatic heterocycles. The monoisotopic (exact) mass is 382 g/mol. The fourth-order valence-corrected chi connectivity index (χ4v) is 2.61. The number of hydrogen-bond donors (Lipinski definition) is 1. The smallest absolute Gasteiger partial charge is 0.408 e. The Morgan fingerprint density at radius 3 is 2.11 bits per heavy atom. The summed E-state index contributed by atoms with van der Waals surface area (Å²) in [6.45, 7) is 0.0202. The van der Waals surface area contributed by atoms with Crippen molar-refractivity contribution in [2.24, 2.45) is 0 Å². The Kier molecular flexibility index (Phi) is 6.01. The first-order valence-electron chi connectivity index (χ1n) is 8.64. The normalized spacial score (nSPS) is 14.5. The molecule has 1 unspecified atom stereocenters. The maximum atomic E-state index is 12.6. The molecule has 0 aromatic heterocycles. The van der Waals surface area contributed by atoms with Crippen molar-refractivity contribution in [3.63, 3.8) is 0 Å². The van der Waals surface area contributed by atoms with Crippen LogP contribution in [0.4, 0.5) is 4.79 Å². The minimum Gasteiger partial charge on any atom is -0.445 e. The highest BCUT2D eigenvalue weighted by Gasteiger charge is 2.36. The highest BCUT2D eigenvalue weighted by atomic mass is 16.7. The second-order valence-electron chi connectivity index (χ2n) is 6.04. The molecule has 0 radical (unpaired) electrons. The quantitative estimate of drug-likeness (QED) is 0.769. The second kappa shape index (κ2) is 8.81. The second-order valence-corrected chi connectivity index (χ2v) is 6.04. The number of amides is 3. The summed E-state index contributed by atoms with van der Waals surface area (Å²) < 4.78 is 5.14. The van der Waals surface area contributed by atoms with Gasteiger partial charge in [0, 0.05) is 12.8 Å². The fourth-order valence-electron chi connectivity index (χ4n) is 2.61. The van der Waals surface area contributed by atoms with Crippen LogP contribution in [0, 0.1) is 0 Å². The van der Waals surface area contributed by atoms with Crippen molar-refractivity contribution in [3.8, 4) is 0 Å². The van der Waals surface area contributed by atoms with E-state index in [1.54, 1.807) is 42.5 Å². The molecule has 1 aliphatic rings. The Balaban J connectivity index is 1.68. The van der Waals surface area contributed by atoms with Crippen LogP contribution in [0.3, 0.4) is 0 Å². The number of nitrogens with one attached hydrogen (secondary N) is 1. The molecule has 1 saturated heterocycles. The lowest BCUT2D eigenvalue weighted by atomic mass is 10.1. The van der Waals surface area contributed by atoms with Gasteiger partial charge in [-0.15, -0.1) is 5.06 Å². The molecule has 0 saturated carbocycles. The molecular formula is C20H18N2O6. The molecule has 144 valence electrons. The molecule has 0 bridgehead atoms. The van der Waals surface area contributed by atoms with Crippen LogP contribution in [-0.2, 0) is 30.6 Å². The highest BCUT2D eigenvalue weighted by Crippen LogP contribution is 2.19. The van der Waals surface area contributed by atoms with E-state index in [1.807, 2.05) is 18.2 Å². The lowest BCUT2D eigenvalue weighted by Gasteiger charge is -2.20. The summed E-state index contributed by atoms with van der Waals surface area (Å²) in [4.78, 5) is 53.0. The van der Waals surface area contributed by atoms with Gasteiger partial charge < -0.3 is 14.9 Å². The van der Waals surface area contributed by atoms with Crippen LogP contribution in [0.5, 0.6) is 0 Å². The maximum absolute atomic E-state index is 12.6. The van der Waals surface area contributed by atoms with E-state index in [0.29, 0.717) is 10.6 Å². The van der Waals surface area contributed by atoms with Crippen LogP contribution in [0.25, 0.3) is 0 Å². The van der Waals surface area contributed by atoms with Gasteiger partial charge in [0.2, 0.25) is 0 Å². The Hall–Kier alpha value is -3.68. The minimum absolute atomic E-state index is 0.0192. The van der Waals surface area contributed by atoms with E-state index in [-0.39, 0.29) is 19.4 Å². The van der Waals surface area contributed by atoms with E-state index in [9.17, 15) is 19.2 Å². The Labute approximate surface area is 161 Å². The molecule has 1 heterocycles. The standard InChI is InChI=1S/C20H18N2O6/c23-16-11-12-17(24)22(16)28-19(25)18(15-9-5-2-6-10-15)21-20(26)27-13-14-7-3-1-4-8-14/h1-10,18H,11-13H2,(H,21,26). The van der Waals surface area contributed by atoms with Gasteiger partial charge in [-0.2, -0.15) is 0 Å². The van der Waals surface area contributed by atoms with Gasteiger partial charge in [-0.1, -0.05) is 60.7 Å². The molecular weight excluding hydrogens is 364 g/mol. The lowest BCUT2D eigenvalue weighted by molar-refractivity contribution is -0.199. The van der Waals surface area contributed by atoms with Crippen LogP contribution in [0.2, 0.25) is 0 Å². The highest BCUT2D eigenvalue weighted by molar-refractivity contribution is 6.02. The summed E-state index contributed by atoms with van der Waals surface area (Å²) in [6, 6.07) is 16.1. The summed E-state index contributed by atoms with van der Waals surface area (Å²) in [5.74, 6) is -2.17. The number of hydrogen-bond acceptors (Lipinski definition) is 6. The van der Waals surface area contributed by atoms with Crippen molar-refractivity contribution in [2.45, 2.75) is 25.5 Å². The SMILES string of the molecule is O=C(NC(C(=O)ON1C(=O)CCC1=O)c1ccccc1)OCc1ccccc1. The predicted octanol–water partition coefficient (Wildman–Crippen LogP) is 2.26. The number of carbonyl (C=O) groups is 4. The van der Waals surface area contributed by atoms with Crippen molar-refractivity contribution in [2.75, 3.05) is 0 Å². The largest absolute Gasteiger partial charge is 0.445 e. The van der Waals surface area contributed by atoms with Crippen LogP contribution in [-0.4, -0.2) is 28.9 Å². The van der Waals surface area contributed by atoms with E-state index >= 15 is 0 Å². The van der Waals surface area contributed by atoms with Crippen LogP contribution >= 0.6 is 0 Å². The summed E-state index contributed by atoms with van der Waals surface area (Å²) in [6.07, 6.45) is -0.878. The Morgan fingerprint density at radius 2 is 1.50 bits per heavy atom.